The summed E-state index contributed by atoms with van der Waals surface area (Å²) >= 11 is 0. The minimum atomic E-state index is -0.165. The smallest absolute Gasteiger partial charge is 0.242 e. The molecule has 4 bridgehead atoms. The van der Waals surface area contributed by atoms with Crippen LogP contribution in [0.4, 0.5) is 0 Å². The van der Waals surface area contributed by atoms with Crippen molar-refractivity contribution in [2.24, 2.45) is 23.2 Å². The molecule has 1 aromatic carbocycles. The molecule has 0 unspecified atom stereocenters. The van der Waals surface area contributed by atoms with Gasteiger partial charge in [-0.15, -0.1) is 0 Å². The summed E-state index contributed by atoms with van der Waals surface area (Å²) in [5.41, 5.74) is 2.45. The Morgan fingerprint density at radius 3 is 2.23 bits per heavy atom. The fourth-order valence-electron chi connectivity index (χ4n) is 7.07. The second-order valence-corrected chi connectivity index (χ2v) is 10.5. The third kappa shape index (κ3) is 4.01. The highest BCUT2D eigenvalue weighted by Gasteiger charge is 2.54. The van der Waals surface area contributed by atoms with Gasteiger partial charge in [-0.25, -0.2) is 0 Å². The average molecular weight is 410 g/mol. The average Bonchev–Trinajstić information content (AvgIpc) is 2.71. The van der Waals surface area contributed by atoms with Gasteiger partial charge in [0.1, 0.15) is 0 Å². The Labute approximate surface area is 180 Å². The Hall–Kier alpha value is -1.88. The minimum absolute atomic E-state index is 0.0725. The van der Waals surface area contributed by atoms with Gasteiger partial charge in [-0.3, -0.25) is 14.5 Å². The predicted molar refractivity (Wildman–Crippen MR) is 117 cm³/mol. The molecular formula is C25H35N3O2. The summed E-state index contributed by atoms with van der Waals surface area (Å²) in [5, 5.41) is 3.05. The Balaban J connectivity index is 1.09. The highest BCUT2D eigenvalue weighted by Crippen LogP contribution is 2.60. The number of nitrogens with zero attached hydrogens (tertiary/aromatic N) is 2. The summed E-state index contributed by atoms with van der Waals surface area (Å²) < 4.78 is 0. The lowest BCUT2D eigenvalue weighted by molar-refractivity contribution is -0.148. The number of piperazine rings is 1. The number of nitrogens with one attached hydrogen (secondary N) is 1. The fourth-order valence-corrected chi connectivity index (χ4v) is 7.07. The Kier molecular flexibility index (Phi) is 5.34. The van der Waals surface area contributed by atoms with E-state index < -0.39 is 0 Å². The number of carbonyl (C=O) groups is 2. The van der Waals surface area contributed by atoms with E-state index in [1.807, 2.05) is 4.90 Å². The third-order valence-corrected chi connectivity index (χ3v) is 8.13. The lowest BCUT2D eigenvalue weighted by atomic mass is 9.49. The van der Waals surface area contributed by atoms with Crippen LogP contribution in [-0.4, -0.2) is 54.3 Å². The third-order valence-electron chi connectivity index (χ3n) is 8.13. The van der Waals surface area contributed by atoms with E-state index in [1.54, 1.807) is 0 Å². The van der Waals surface area contributed by atoms with E-state index in [9.17, 15) is 9.59 Å². The number of hydrogen-bond donors (Lipinski definition) is 1. The summed E-state index contributed by atoms with van der Waals surface area (Å²) in [7, 11) is 0. The maximum absolute atomic E-state index is 13.1. The van der Waals surface area contributed by atoms with Crippen LogP contribution in [0.25, 0.3) is 0 Å². The van der Waals surface area contributed by atoms with Crippen LogP contribution in [0.3, 0.4) is 0 Å². The molecule has 1 aromatic rings. The van der Waals surface area contributed by atoms with Crippen molar-refractivity contribution >= 4 is 11.8 Å². The van der Waals surface area contributed by atoms with E-state index in [-0.39, 0.29) is 23.8 Å². The fraction of sp³-hybridized carbons (Fsp3) is 0.680. The highest BCUT2D eigenvalue weighted by molar-refractivity contribution is 5.88. The molecule has 1 aliphatic heterocycles. The first-order valence-electron chi connectivity index (χ1n) is 11.8. The first-order valence-corrected chi connectivity index (χ1v) is 11.8. The molecule has 1 heterocycles. The lowest BCUT2D eigenvalue weighted by Gasteiger charge is -2.55. The molecule has 5 heteroatoms. The molecule has 5 nitrogen and oxygen atoms in total. The van der Waals surface area contributed by atoms with Crippen LogP contribution < -0.4 is 5.32 Å². The molecule has 6 rings (SSSR count). The van der Waals surface area contributed by atoms with E-state index in [1.165, 1.54) is 30.4 Å². The second-order valence-electron chi connectivity index (χ2n) is 10.5. The maximum Gasteiger partial charge on any atom is 0.242 e. The van der Waals surface area contributed by atoms with Gasteiger partial charge in [0.15, 0.2) is 0 Å². The molecule has 5 fully saturated rings. The molecule has 4 aliphatic carbocycles. The van der Waals surface area contributed by atoms with Crippen molar-refractivity contribution in [1.29, 1.82) is 0 Å². The molecule has 0 radical (unpaired) electrons. The molecule has 1 saturated heterocycles. The molecule has 30 heavy (non-hydrogen) atoms. The molecule has 0 spiro atoms. The minimum Gasteiger partial charge on any atom is -0.347 e. The van der Waals surface area contributed by atoms with Crippen molar-refractivity contribution in [3.63, 3.8) is 0 Å². The zero-order chi connectivity index (χ0) is 20.7. The van der Waals surface area contributed by atoms with Crippen molar-refractivity contribution in [3.05, 3.63) is 35.4 Å². The van der Waals surface area contributed by atoms with E-state index in [0.29, 0.717) is 0 Å². The van der Waals surface area contributed by atoms with E-state index >= 15 is 0 Å². The van der Waals surface area contributed by atoms with Crippen LogP contribution in [0, 0.1) is 30.1 Å². The number of amides is 2. The number of rotatable bonds is 5. The number of carbonyl (C=O) groups excluding carboxylic acids is 2. The Morgan fingerprint density at radius 2 is 1.63 bits per heavy atom. The zero-order valence-electron chi connectivity index (χ0n) is 18.2. The molecule has 162 valence electrons. The largest absolute Gasteiger partial charge is 0.347 e. The van der Waals surface area contributed by atoms with Crippen molar-refractivity contribution in [1.82, 2.24) is 15.1 Å². The molecule has 4 saturated carbocycles. The first kappa shape index (κ1) is 20.0. The molecule has 0 atom stereocenters. The summed E-state index contributed by atoms with van der Waals surface area (Å²) in [6, 6.07) is 8.64. The molecule has 0 aromatic heterocycles. The van der Waals surface area contributed by atoms with Gasteiger partial charge < -0.3 is 10.2 Å². The van der Waals surface area contributed by atoms with Gasteiger partial charge in [0, 0.05) is 38.1 Å². The van der Waals surface area contributed by atoms with Crippen LogP contribution in [0.2, 0.25) is 0 Å². The van der Waals surface area contributed by atoms with Gasteiger partial charge in [-0.05, 0) is 68.8 Å². The van der Waals surface area contributed by atoms with Crippen LogP contribution >= 0.6 is 0 Å². The second kappa shape index (κ2) is 7.99. The van der Waals surface area contributed by atoms with Crippen molar-refractivity contribution < 1.29 is 9.59 Å². The standard InChI is InChI=1S/C25H35N3O2/c1-18-3-2-4-19(9-18)17-27-5-7-28(8-6-27)23(29)16-26-24(30)25-13-20-10-21(14-25)12-22(11-20)15-25/h2-4,9,20-22H,5-8,10-17H2,1H3,(H,26,30). The summed E-state index contributed by atoms with van der Waals surface area (Å²) in [6.07, 6.45) is 7.15. The van der Waals surface area contributed by atoms with Gasteiger partial charge in [0.05, 0.1) is 6.54 Å². The van der Waals surface area contributed by atoms with E-state index in [4.69, 9.17) is 0 Å². The quantitative estimate of drug-likeness (QED) is 0.814. The van der Waals surface area contributed by atoms with Crippen LogP contribution in [0.15, 0.2) is 24.3 Å². The van der Waals surface area contributed by atoms with Crippen molar-refractivity contribution in [2.45, 2.75) is 52.0 Å². The Morgan fingerprint density at radius 1 is 1.00 bits per heavy atom. The van der Waals surface area contributed by atoms with Crippen LogP contribution in [0.5, 0.6) is 0 Å². The summed E-state index contributed by atoms with van der Waals surface area (Å²) in [4.78, 5) is 30.1. The first-order chi connectivity index (χ1) is 14.5. The van der Waals surface area contributed by atoms with Crippen LogP contribution in [-0.2, 0) is 16.1 Å². The zero-order valence-corrected chi connectivity index (χ0v) is 18.2. The molecule has 1 N–H and O–H groups in total. The number of benzene rings is 1. The molecular weight excluding hydrogens is 374 g/mol. The van der Waals surface area contributed by atoms with Gasteiger partial charge in [0.25, 0.3) is 0 Å². The monoisotopic (exact) mass is 409 g/mol. The Bertz CT molecular complexity index is 777. The van der Waals surface area contributed by atoms with Crippen LogP contribution in [0.1, 0.15) is 49.7 Å². The SMILES string of the molecule is Cc1cccc(CN2CCN(C(=O)CNC(=O)C34CC5CC(CC(C5)C3)C4)CC2)c1. The molecule has 5 aliphatic rings. The predicted octanol–water partition coefficient (Wildman–Crippen LogP) is 2.97. The van der Waals surface area contributed by atoms with E-state index in [0.717, 1.165) is 69.7 Å². The lowest BCUT2D eigenvalue weighted by Crippen LogP contribution is -2.55. The van der Waals surface area contributed by atoms with Gasteiger partial charge in [-0.2, -0.15) is 0 Å². The highest BCUT2D eigenvalue weighted by atomic mass is 16.2. The number of hydrogen-bond acceptors (Lipinski definition) is 3. The van der Waals surface area contributed by atoms with Gasteiger partial charge >= 0.3 is 0 Å². The maximum atomic E-state index is 13.1. The van der Waals surface area contributed by atoms with Gasteiger partial charge in [0.2, 0.25) is 11.8 Å². The topological polar surface area (TPSA) is 52.6 Å². The number of aryl methyl sites for hydroxylation is 1. The van der Waals surface area contributed by atoms with Crippen molar-refractivity contribution in [2.75, 3.05) is 32.7 Å². The summed E-state index contributed by atoms with van der Waals surface area (Å²) in [6.45, 7) is 6.50. The van der Waals surface area contributed by atoms with E-state index in [2.05, 4.69) is 41.4 Å². The summed E-state index contributed by atoms with van der Waals surface area (Å²) in [5.74, 6) is 2.48. The molecule has 2 amide bonds. The normalized spacial score (nSPS) is 33.0. The van der Waals surface area contributed by atoms with Crippen molar-refractivity contribution in [3.8, 4) is 0 Å². The van der Waals surface area contributed by atoms with Gasteiger partial charge in [-0.1, -0.05) is 29.8 Å².